The standard InChI is InChI=1S/C21H23N3O4S/c1-13(2)19(26)22-16-11-10-15(18(25)14-8-6-5-7-9-14)12-17(16)23-20(29-4)24-21(27)28-3/h5-13H,1-4H3,(H,22,26)(H,23,24,27). The monoisotopic (exact) mass is 413 g/mol. The summed E-state index contributed by atoms with van der Waals surface area (Å²) in [6, 6.07) is 13.8. The minimum atomic E-state index is -0.758. The van der Waals surface area contributed by atoms with E-state index in [-0.39, 0.29) is 22.8 Å². The van der Waals surface area contributed by atoms with Crippen molar-refractivity contribution in [2.45, 2.75) is 13.8 Å². The molecule has 0 spiro atoms. The van der Waals surface area contributed by atoms with Gasteiger partial charge in [-0.2, -0.15) is 4.99 Å². The van der Waals surface area contributed by atoms with E-state index in [1.54, 1.807) is 62.6 Å². The van der Waals surface area contributed by atoms with E-state index in [0.29, 0.717) is 22.5 Å². The van der Waals surface area contributed by atoms with Gasteiger partial charge in [-0.25, -0.2) is 4.79 Å². The van der Waals surface area contributed by atoms with Gasteiger partial charge in [-0.05, 0) is 24.5 Å². The molecule has 0 unspecified atom stereocenters. The fraction of sp³-hybridized carbons (Fsp3) is 0.238. The van der Waals surface area contributed by atoms with Gasteiger partial charge in [0, 0.05) is 17.0 Å². The molecule has 0 aliphatic heterocycles. The van der Waals surface area contributed by atoms with Gasteiger partial charge in [-0.15, -0.1) is 0 Å². The van der Waals surface area contributed by atoms with E-state index < -0.39 is 6.09 Å². The Hall–Kier alpha value is -3.13. The molecule has 2 N–H and O–H groups in total. The number of aliphatic imine (C=N–C) groups is 1. The van der Waals surface area contributed by atoms with Crippen LogP contribution in [0.15, 0.2) is 53.5 Å². The Morgan fingerprint density at radius 1 is 0.966 bits per heavy atom. The van der Waals surface area contributed by atoms with Gasteiger partial charge in [0.25, 0.3) is 0 Å². The van der Waals surface area contributed by atoms with Crippen LogP contribution in [0.25, 0.3) is 0 Å². The number of hydrogen-bond donors (Lipinski definition) is 2. The lowest BCUT2D eigenvalue weighted by atomic mass is 10.0. The number of nitrogens with zero attached hydrogens (tertiary/aromatic N) is 1. The maximum absolute atomic E-state index is 12.8. The van der Waals surface area contributed by atoms with Crippen LogP contribution in [-0.2, 0) is 9.53 Å². The quantitative estimate of drug-likeness (QED) is 0.428. The van der Waals surface area contributed by atoms with Crippen LogP contribution in [0.1, 0.15) is 29.8 Å². The van der Waals surface area contributed by atoms with Gasteiger partial charge in [-0.1, -0.05) is 55.9 Å². The number of rotatable bonds is 5. The van der Waals surface area contributed by atoms with E-state index in [1.165, 1.54) is 18.9 Å². The van der Waals surface area contributed by atoms with Crippen LogP contribution in [0.2, 0.25) is 0 Å². The second-order valence-electron chi connectivity index (χ2n) is 6.32. The molecular weight excluding hydrogens is 390 g/mol. The number of anilines is 2. The third-order valence-electron chi connectivity index (χ3n) is 3.90. The first kappa shape index (κ1) is 22.2. The zero-order chi connectivity index (χ0) is 21.4. The summed E-state index contributed by atoms with van der Waals surface area (Å²) >= 11 is 1.19. The average molecular weight is 413 g/mol. The van der Waals surface area contributed by atoms with Crippen molar-refractivity contribution in [1.82, 2.24) is 0 Å². The Balaban J connectivity index is 2.44. The highest BCUT2D eigenvalue weighted by Gasteiger charge is 2.16. The molecule has 0 saturated carbocycles. The molecule has 0 bridgehead atoms. The smallest absolute Gasteiger partial charge is 0.435 e. The summed E-state index contributed by atoms with van der Waals surface area (Å²) in [5, 5.41) is 6.08. The fourth-order valence-electron chi connectivity index (χ4n) is 2.30. The first-order valence-electron chi connectivity index (χ1n) is 8.88. The second kappa shape index (κ2) is 10.4. The Morgan fingerprint density at radius 2 is 1.66 bits per heavy atom. The highest BCUT2D eigenvalue weighted by molar-refractivity contribution is 8.13. The summed E-state index contributed by atoms with van der Waals surface area (Å²) in [5.41, 5.74) is 1.89. The molecule has 2 rings (SSSR count). The number of methoxy groups -OCH3 is 1. The number of amides is 2. The molecule has 8 heteroatoms. The number of carbonyl (C=O) groups is 3. The largest absolute Gasteiger partial charge is 0.451 e. The minimum absolute atomic E-state index is 0.161. The summed E-state index contributed by atoms with van der Waals surface area (Å²) in [5.74, 6) is -0.561. The molecule has 0 aromatic heterocycles. The first-order valence-corrected chi connectivity index (χ1v) is 10.1. The summed E-state index contributed by atoms with van der Waals surface area (Å²) in [7, 11) is 1.23. The Kier molecular flexibility index (Phi) is 7.97. The van der Waals surface area contributed by atoms with Crippen molar-refractivity contribution < 1.29 is 19.1 Å². The van der Waals surface area contributed by atoms with E-state index in [0.717, 1.165) is 0 Å². The highest BCUT2D eigenvalue weighted by atomic mass is 32.2. The Labute approximate surface area is 173 Å². The molecular formula is C21H23N3O4S. The van der Waals surface area contributed by atoms with Crippen molar-refractivity contribution in [3.05, 3.63) is 59.7 Å². The number of hydrogen-bond acceptors (Lipinski definition) is 5. The summed E-state index contributed by atoms with van der Waals surface area (Å²) in [6.07, 6.45) is 0.978. The van der Waals surface area contributed by atoms with Gasteiger partial charge in [-0.3, -0.25) is 9.59 Å². The van der Waals surface area contributed by atoms with Crippen LogP contribution in [-0.4, -0.2) is 36.3 Å². The van der Waals surface area contributed by atoms with Gasteiger partial charge in [0.1, 0.15) is 0 Å². The van der Waals surface area contributed by atoms with Crippen LogP contribution < -0.4 is 10.6 Å². The SMILES string of the molecule is COC(=O)N=C(Nc1cc(C(=O)c2ccccc2)ccc1NC(=O)C(C)C)SC. The molecule has 7 nitrogen and oxygen atoms in total. The van der Waals surface area contributed by atoms with Crippen LogP contribution in [0.3, 0.4) is 0 Å². The number of carbonyl (C=O) groups excluding carboxylic acids is 3. The predicted molar refractivity (Wildman–Crippen MR) is 117 cm³/mol. The highest BCUT2D eigenvalue weighted by Crippen LogP contribution is 2.26. The summed E-state index contributed by atoms with van der Waals surface area (Å²) in [6.45, 7) is 3.56. The number of benzene rings is 2. The summed E-state index contributed by atoms with van der Waals surface area (Å²) in [4.78, 5) is 40.3. The molecule has 0 radical (unpaired) electrons. The van der Waals surface area contributed by atoms with Crippen LogP contribution in [0, 0.1) is 5.92 Å². The number of thioether (sulfide) groups is 1. The molecule has 2 aromatic rings. The minimum Gasteiger partial charge on any atom is -0.451 e. The van der Waals surface area contributed by atoms with E-state index in [2.05, 4.69) is 20.4 Å². The maximum atomic E-state index is 12.8. The lowest BCUT2D eigenvalue weighted by Gasteiger charge is -2.16. The molecule has 29 heavy (non-hydrogen) atoms. The van der Waals surface area contributed by atoms with E-state index in [4.69, 9.17) is 0 Å². The predicted octanol–water partition coefficient (Wildman–Crippen LogP) is 4.41. The molecule has 2 aromatic carbocycles. The fourth-order valence-corrected chi connectivity index (χ4v) is 2.68. The zero-order valence-electron chi connectivity index (χ0n) is 16.7. The van der Waals surface area contributed by atoms with Gasteiger partial charge in [0.2, 0.25) is 5.91 Å². The van der Waals surface area contributed by atoms with Crippen LogP contribution in [0.4, 0.5) is 16.2 Å². The maximum Gasteiger partial charge on any atom is 0.435 e. The molecule has 0 heterocycles. The number of amidine groups is 1. The average Bonchev–Trinajstić information content (AvgIpc) is 2.74. The van der Waals surface area contributed by atoms with E-state index in [1.807, 2.05) is 6.07 Å². The number of ether oxygens (including phenoxy) is 1. The zero-order valence-corrected chi connectivity index (χ0v) is 17.5. The molecule has 0 aliphatic rings. The van der Waals surface area contributed by atoms with Crippen LogP contribution in [0.5, 0.6) is 0 Å². The lowest BCUT2D eigenvalue weighted by Crippen LogP contribution is -2.20. The van der Waals surface area contributed by atoms with Gasteiger partial charge in [0.05, 0.1) is 18.5 Å². The number of nitrogens with one attached hydrogen (secondary N) is 2. The van der Waals surface area contributed by atoms with Crippen LogP contribution >= 0.6 is 11.8 Å². The van der Waals surface area contributed by atoms with E-state index >= 15 is 0 Å². The normalized spacial score (nSPS) is 11.1. The number of ketones is 1. The van der Waals surface area contributed by atoms with Crippen molar-refractivity contribution in [3.8, 4) is 0 Å². The molecule has 0 saturated heterocycles. The van der Waals surface area contributed by atoms with E-state index in [9.17, 15) is 14.4 Å². The summed E-state index contributed by atoms with van der Waals surface area (Å²) < 4.78 is 4.56. The van der Waals surface area contributed by atoms with Crippen molar-refractivity contribution >= 4 is 46.1 Å². The molecule has 0 aliphatic carbocycles. The molecule has 152 valence electrons. The lowest BCUT2D eigenvalue weighted by molar-refractivity contribution is -0.118. The molecule has 2 amide bonds. The van der Waals surface area contributed by atoms with Gasteiger partial charge < -0.3 is 15.4 Å². The van der Waals surface area contributed by atoms with Crippen molar-refractivity contribution in [2.75, 3.05) is 24.0 Å². The second-order valence-corrected chi connectivity index (χ2v) is 7.11. The van der Waals surface area contributed by atoms with Gasteiger partial charge >= 0.3 is 6.09 Å². The van der Waals surface area contributed by atoms with Crippen molar-refractivity contribution in [2.24, 2.45) is 10.9 Å². The third kappa shape index (κ3) is 6.18. The topological polar surface area (TPSA) is 96.9 Å². The first-order chi connectivity index (χ1) is 13.8. The van der Waals surface area contributed by atoms with Crippen molar-refractivity contribution in [1.29, 1.82) is 0 Å². The Morgan fingerprint density at radius 3 is 2.24 bits per heavy atom. The molecule has 0 fully saturated rings. The van der Waals surface area contributed by atoms with Gasteiger partial charge in [0.15, 0.2) is 11.0 Å². The third-order valence-corrected chi connectivity index (χ3v) is 4.48. The van der Waals surface area contributed by atoms with Crippen molar-refractivity contribution in [3.63, 3.8) is 0 Å². The Bertz CT molecular complexity index is 927. The molecule has 0 atom stereocenters.